The molecule has 0 spiro atoms. The van der Waals surface area contributed by atoms with E-state index in [0.29, 0.717) is 19.6 Å². The van der Waals surface area contributed by atoms with Gasteiger partial charge >= 0.3 is 5.97 Å². The summed E-state index contributed by atoms with van der Waals surface area (Å²) in [6.07, 6.45) is 45.8. The lowest BCUT2D eigenvalue weighted by Crippen LogP contribution is -2.27. The largest absolute Gasteiger partial charge is 0.457 e. The van der Waals surface area contributed by atoms with Crippen molar-refractivity contribution in [3.63, 3.8) is 0 Å². The minimum absolute atomic E-state index is 0.167. The van der Waals surface area contributed by atoms with E-state index in [0.717, 1.165) is 19.3 Å². The predicted octanol–water partition coefficient (Wildman–Crippen LogP) is 13.0. The summed E-state index contributed by atoms with van der Waals surface area (Å²) in [5.74, 6) is -0.204. The second-order valence-corrected chi connectivity index (χ2v) is 13.7. The molecular weight excluding hydrogens is 556 g/mol. The SMILES string of the molecule is CCCCCCCCCC/C=C\CCCCCCCCCCCCCCCCOCC(CO)OC(=O)CCCCCCCCC. The van der Waals surface area contributed by atoms with Gasteiger partial charge in [-0.15, -0.1) is 0 Å². The zero-order chi connectivity index (χ0) is 32.7. The van der Waals surface area contributed by atoms with Crippen LogP contribution in [0.1, 0.15) is 219 Å². The van der Waals surface area contributed by atoms with Crippen LogP contribution in [0.2, 0.25) is 0 Å². The van der Waals surface area contributed by atoms with Crippen LogP contribution in [0.4, 0.5) is 0 Å². The average Bonchev–Trinajstić information content (AvgIpc) is 3.05. The Morgan fingerprint density at radius 1 is 0.511 bits per heavy atom. The first-order chi connectivity index (χ1) is 22.2. The van der Waals surface area contributed by atoms with E-state index in [4.69, 9.17) is 9.47 Å². The molecule has 0 radical (unpaired) electrons. The summed E-state index contributed by atoms with van der Waals surface area (Å²) < 4.78 is 11.1. The molecule has 0 bridgehead atoms. The van der Waals surface area contributed by atoms with Crippen LogP contribution in [-0.2, 0) is 14.3 Å². The van der Waals surface area contributed by atoms with Gasteiger partial charge in [0.05, 0.1) is 13.2 Å². The van der Waals surface area contributed by atoms with Crippen molar-refractivity contribution < 1.29 is 19.4 Å². The molecule has 0 amide bonds. The van der Waals surface area contributed by atoms with E-state index >= 15 is 0 Å². The Labute approximate surface area is 282 Å². The number of unbranched alkanes of at least 4 members (excludes halogenated alkanes) is 28. The zero-order valence-corrected chi connectivity index (χ0v) is 30.7. The highest BCUT2D eigenvalue weighted by atomic mass is 16.6. The maximum atomic E-state index is 12.0. The van der Waals surface area contributed by atoms with Gasteiger partial charge in [-0.05, 0) is 38.5 Å². The Morgan fingerprint density at radius 2 is 0.867 bits per heavy atom. The van der Waals surface area contributed by atoms with Crippen LogP contribution in [0, 0.1) is 0 Å². The van der Waals surface area contributed by atoms with Gasteiger partial charge in [-0.2, -0.15) is 0 Å². The number of ether oxygens (including phenoxy) is 2. The lowest BCUT2D eigenvalue weighted by Gasteiger charge is -2.15. The molecular formula is C41H80O4. The molecule has 268 valence electrons. The second kappa shape index (κ2) is 39.3. The van der Waals surface area contributed by atoms with E-state index in [1.165, 1.54) is 180 Å². The lowest BCUT2D eigenvalue weighted by atomic mass is 10.0. The fourth-order valence-electron chi connectivity index (χ4n) is 6.03. The predicted molar refractivity (Wildman–Crippen MR) is 196 cm³/mol. The van der Waals surface area contributed by atoms with Gasteiger partial charge in [0.1, 0.15) is 6.10 Å². The summed E-state index contributed by atoms with van der Waals surface area (Å²) in [5, 5.41) is 9.51. The van der Waals surface area contributed by atoms with Gasteiger partial charge in [0.2, 0.25) is 0 Å². The summed E-state index contributed by atoms with van der Waals surface area (Å²) in [4.78, 5) is 12.0. The molecule has 0 saturated heterocycles. The Hall–Kier alpha value is -0.870. The van der Waals surface area contributed by atoms with Gasteiger partial charge in [-0.25, -0.2) is 0 Å². The number of hydrogen-bond acceptors (Lipinski definition) is 4. The van der Waals surface area contributed by atoms with Crippen molar-refractivity contribution in [1.29, 1.82) is 0 Å². The fraction of sp³-hybridized carbons (Fsp3) is 0.927. The summed E-state index contributed by atoms with van der Waals surface area (Å²) in [5.41, 5.74) is 0. The van der Waals surface area contributed by atoms with Crippen LogP contribution in [0.15, 0.2) is 12.2 Å². The molecule has 4 heteroatoms. The number of aliphatic hydroxyl groups is 1. The molecule has 0 aliphatic carbocycles. The van der Waals surface area contributed by atoms with Crippen molar-refractivity contribution in [2.24, 2.45) is 0 Å². The highest BCUT2D eigenvalue weighted by Crippen LogP contribution is 2.15. The molecule has 0 fully saturated rings. The quantitative estimate of drug-likeness (QED) is 0.0416. The molecule has 0 aromatic rings. The minimum Gasteiger partial charge on any atom is -0.457 e. The molecule has 0 aliphatic rings. The first kappa shape index (κ1) is 44.1. The lowest BCUT2D eigenvalue weighted by molar-refractivity contribution is -0.154. The molecule has 1 atom stereocenters. The molecule has 45 heavy (non-hydrogen) atoms. The first-order valence-electron chi connectivity index (χ1n) is 20.3. The van der Waals surface area contributed by atoms with Crippen LogP contribution in [0.25, 0.3) is 0 Å². The number of rotatable bonds is 38. The molecule has 0 saturated carbocycles. The number of allylic oxidation sites excluding steroid dienone is 2. The standard InChI is InChI=1S/C41H80O4/c1-3-5-7-9-11-12-13-14-15-16-17-18-19-20-21-22-23-24-25-26-27-28-29-31-33-35-37-44-39-40(38-42)45-41(43)36-34-32-30-10-8-6-4-2/h16-17,40,42H,3-15,18-39H2,1-2H3/b17-16-. The summed E-state index contributed by atoms with van der Waals surface area (Å²) in [7, 11) is 0. The molecule has 0 aromatic heterocycles. The van der Waals surface area contributed by atoms with Gasteiger partial charge in [-0.1, -0.05) is 187 Å². The van der Waals surface area contributed by atoms with Crippen LogP contribution in [0.3, 0.4) is 0 Å². The van der Waals surface area contributed by atoms with Crippen molar-refractivity contribution in [3.05, 3.63) is 12.2 Å². The maximum Gasteiger partial charge on any atom is 0.306 e. The normalized spacial score (nSPS) is 12.3. The first-order valence-corrected chi connectivity index (χ1v) is 20.3. The van der Waals surface area contributed by atoms with E-state index in [2.05, 4.69) is 26.0 Å². The number of esters is 1. The van der Waals surface area contributed by atoms with Gasteiger partial charge in [0, 0.05) is 13.0 Å². The Morgan fingerprint density at radius 3 is 1.27 bits per heavy atom. The number of carbonyl (C=O) groups is 1. The van der Waals surface area contributed by atoms with Crippen molar-refractivity contribution in [2.75, 3.05) is 19.8 Å². The maximum absolute atomic E-state index is 12.0. The summed E-state index contributed by atoms with van der Waals surface area (Å²) in [6.45, 7) is 5.33. The highest BCUT2D eigenvalue weighted by molar-refractivity contribution is 5.69. The zero-order valence-electron chi connectivity index (χ0n) is 30.7. The molecule has 0 aromatic carbocycles. The van der Waals surface area contributed by atoms with Crippen molar-refractivity contribution >= 4 is 5.97 Å². The average molecular weight is 637 g/mol. The third kappa shape index (κ3) is 37.5. The minimum atomic E-state index is -0.524. The molecule has 1 unspecified atom stereocenters. The Balaban J connectivity index is 3.30. The van der Waals surface area contributed by atoms with Crippen molar-refractivity contribution in [2.45, 2.75) is 225 Å². The molecule has 1 N–H and O–H groups in total. The Kier molecular flexibility index (Phi) is 38.5. The van der Waals surface area contributed by atoms with Crippen LogP contribution < -0.4 is 0 Å². The summed E-state index contributed by atoms with van der Waals surface area (Å²) >= 11 is 0. The van der Waals surface area contributed by atoms with Crippen LogP contribution in [-0.4, -0.2) is 37.0 Å². The van der Waals surface area contributed by atoms with Gasteiger partial charge in [0.15, 0.2) is 0 Å². The molecule has 4 nitrogen and oxygen atoms in total. The molecule has 0 rings (SSSR count). The van der Waals surface area contributed by atoms with Gasteiger partial charge in [-0.3, -0.25) is 4.79 Å². The van der Waals surface area contributed by atoms with Crippen LogP contribution >= 0.6 is 0 Å². The number of aliphatic hydroxyl groups excluding tert-OH is 1. The third-order valence-electron chi connectivity index (χ3n) is 9.09. The third-order valence-corrected chi connectivity index (χ3v) is 9.09. The Bertz CT molecular complexity index is 590. The number of hydrogen-bond donors (Lipinski definition) is 1. The second-order valence-electron chi connectivity index (χ2n) is 13.7. The molecule has 0 aliphatic heterocycles. The van der Waals surface area contributed by atoms with E-state index in [1.54, 1.807) is 0 Å². The van der Waals surface area contributed by atoms with E-state index < -0.39 is 6.10 Å². The smallest absolute Gasteiger partial charge is 0.306 e. The molecule has 0 heterocycles. The van der Waals surface area contributed by atoms with E-state index in [9.17, 15) is 9.90 Å². The summed E-state index contributed by atoms with van der Waals surface area (Å²) in [6, 6.07) is 0. The van der Waals surface area contributed by atoms with E-state index in [1.807, 2.05) is 0 Å². The number of carbonyl (C=O) groups excluding carboxylic acids is 1. The van der Waals surface area contributed by atoms with Crippen molar-refractivity contribution in [1.82, 2.24) is 0 Å². The van der Waals surface area contributed by atoms with Gasteiger partial charge in [0.25, 0.3) is 0 Å². The topological polar surface area (TPSA) is 55.8 Å². The van der Waals surface area contributed by atoms with Gasteiger partial charge < -0.3 is 14.6 Å². The van der Waals surface area contributed by atoms with E-state index in [-0.39, 0.29) is 12.6 Å². The highest BCUT2D eigenvalue weighted by Gasteiger charge is 2.13. The van der Waals surface area contributed by atoms with Crippen LogP contribution in [0.5, 0.6) is 0 Å². The van der Waals surface area contributed by atoms with Crippen molar-refractivity contribution in [3.8, 4) is 0 Å². The monoisotopic (exact) mass is 637 g/mol. The fourth-order valence-corrected chi connectivity index (χ4v) is 6.03.